The molecule has 6 nitrogen and oxygen atoms in total. The highest BCUT2D eigenvalue weighted by molar-refractivity contribution is 7.13. The fourth-order valence-electron chi connectivity index (χ4n) is 2.62. The van der Waals surface area contributed by atoms with Crippen LogP contribution in [0.25, 0.3) is 10.7 Å². The highest BCUT2D eigenvalue weighted by Gasteiger charge is 2.24. The van der Waals surface area contributed by atoms with Crippen LogP contribution >= 0.6 is 11.3 Å². The maximum atomic E-state index is 12.5. The summed E-state index contributed by atoms with van der Waals surface area (Å²) in [6.45, 7) is 0.817. The van der Waals surface area contributed by atoms with E-state index in [4.69, 9.17) is 0 Å². The van der Waals surface area contributed by atoms with Crippen molar-refractivity contribution in [2.24, 2.45) is 0 Å². The van der Waals surface area contributed by atoms with E-state index < -0.39 is 0 Å². The second kappa shape index (κ2) is 5.34. The van der Waals surface area contributed by atoms with Gasteiger partial charge in [-0.05, 0) is 34.7 Å². The predicted molar refractivity (Wildman–Crippen MR) is 83.6 cm³/mol. The van der Waals surface area contributed by atoms with Crippen LogP contribution in [0.1, 0.15) is 5.56 Å². The fraction of sp³-hybridized carbons (Fsp3) is 0.200. The minimum atomic E-state index is -0.0138. The number of tetrazole rings is 1. The highest BCUT2D eigenvalue weighted by atomic mass is 32.1. The molecule has 0 saturated heterocycles. The number of amides is 1. The Kier molecular flexibility index (Phi) is 3.19. The molecule has 0 saturated carbocycles. The third-order valence-electron chi connectivity index (χ3n) is 3.66. The van der Waals surface area contributed by atoms with Crippen LogP contribution < -0.4 is 4.90 Å². The molecule has 0 atom stereocenters. The number of benzene rings is 1. The van der Waals surface area contributed by atoms with Crippen molar-refractivity contribution in [3.63, 3.8) is 0 Å². The molecule has 0 fully saturated rings. The van der Waals surface area contributed by atoms with Gasteiger partial charge in [0, 0.05) is 12.2 Å². The van der Waals surface area contributed by atoms with E-state index in [1.807, 2.05) is 35.7 Å². The molecule has 1 aromatic carbocycles. The first-order valence-corrected chi connectivity index (χ1v) is 7.89. The summed E-state index contributed by atoms with van der Waals surface area (Å²) in [6.07, 6.45) is 0.896. The third-order valence-corrected chi connectivity index (χ3v) is 4.53. The number of fused-ring (bicyclic) bond motifs is 1. The zero-order valence-corrected chi connectivity index (χ0v) is 12.5. The number of rotatable bonds is 3. The average Bonchev–Trinajstić information content (AvgIpc) is 3.27. The van der Waals surface area contributed by atoms with E-state index in [1.54, 1.807) is 16.2 Å². The van der Waals surface area contributed by atoms with Gasteiger partial charge in [-0.1, -0.05) is 24.3 Å². The van der Waals surface area contributed by atoms with Gasteiger partial charge < -0.3 is 4.90 Å². The second-order valence-electron chi connectivity index (χ2n) is 5.04. The van der Waals surface area contributed by atoms with Crippen molar-refractivity contribution < 1.29 is 4.79 Å². The molecular weight excluding hydrogens is 298 g/mol. The van der Waals surface area contributed by atoms with Gasteiger partial charge in [0.05, 0.1) is 4.88 Å². The molecule has 0 unspecified atom stereocenters. The molecule has 0 radical (unpaired) electrons. The van der Waals surface area contributed by atoms with E-state index in [2.05, 4.69) is 21.5 Å². The lowest BCUT2D eigenvalue weighted by molar-refractivity contribution is -0.119. The first kappa shape index (κ1) is 13.1. The van der Waals surface area contributed by atoms with Crippen LogP contribution in [0.3, 0.4) is 0 Å². The van der Waals surface area contributed by atoms with Crippen LogP contribution in [0.2, 0.25) is 0 Å². The van der Waals surface area contributed by atoms with Gasteiger partial charge in [-0.25, -0.2) is 0 Å². The quantitative estimate of drug-likeness (QED) is 0.742. The Morgan fingerprint density at radius 3 is 3.00 bits per heavy atom. The van der Waals surface area contributed by atoms with Gasteiger partial charge >= 0.3 is 0 Å². The summed E-state index contributed by atoms with van der Waals surface area (Å²) in [4.78, 5) is 16.6. The number of carbonyl (C=O) groups is 1. The predicted octanol–water partition coefficient (Wildman–Crippen LogP) is 1.99. The number of para-hydroxylation sites is 1. The lowest BCUT2D eigenvalue weighted by Crippen LogP contribution is -2.32. The Labute approximate surface area is 131 Å². The van der Waals surface area contributed by atoms with Crippen molar-refractivity contribution in [1.82, 2.24) is 20.2 Å². The maximum Gasteiger partial charge on any atom is 0.250 e. The third kappa shape index (κ3) is 2.29. The zero-order chi connectivity index (χ0) is 14.9. The van der Waals surface area contributed by atoms with Gasteiger partial charge in [-0.3, -0.25) is 4.79 Å². The van der Waals surface area contributed by atoms with Crippen molar-refractivity contribution in [1.29, 1.82) is 0 Å². The van der Waals surface area contributed by atoms with Crippen molar-refractivity contribution in [2.75, 3.05) is 11.4 Å². The minimum Gasteiger partial charge on any atom is -0.310 e. The molecule has 110 valence electrons. The molecule has 7 heteroatoms. The zero-order valence-electron chi connectivity index (χ0n) is 11.7. The summed E-state index contributed by atoms with van der Waals surface area (Å²) in [5.74, 6) is 0.546. The smallest absolute Gasteiger partial charge is 0.250 e. The number of aromatic nitrogens is 4. The van der Waals surface area contributed by atoms with Gasteiger partial charge in [-0.2, -0.15) is 4.80 Å². The largest absolute Gasteiger partial charge is 0.310 e. The van der Waals surface area contributed by atoms with Crippen LogP contribution in [-0.4, -0.2) is 32.7 Å². The van der Waals surface area contributed by atoms with Crippen LogP contribution in [0, 0.1) is 0 Å². The van der Waals surface area contributed by atoms with Gasteiger partial charge in [0.1, 0.15) is 6.54 Å². The topological polar surface area (TPSA) is 63.9 Å². The van der Waals surface area contributed by atoms with E-state index >= 15 is 0 Å². The molecule has 1 aliphatic rings. The summed E-state index contributed by atoms with van der Waals surface area (Å²) in [7, 11) is 0. The Bertz CT molecular complexity index is 811. The number of hydrogen-bond donors (Lipinski definition) is 0. The maximum absolute atomic E-state index is 12.5. The molecule has 0 spiro atoms. The molecule has 0 bridgehead atoms. The molecule has 3 heterocycles. The number of carbonyl (C=O) groups excluding carboxylic acids is 1. The fourth-order valence-corrected chi connectivity index (χ4v) is 3.27. The normalized spacial score (nSPS) is 13.4. The van der Waals surface area contributed by atoms with Crippen LogP contribution in [0.5, 0.6) is 0 Å². The Morgan fingerprint density at radius 1 is 1.23 bits per heavy atom. The summed E-state index contributed by atoms with van der Waals surface area (Å²) in [5, 5.41) is 14.2. The summed E-state index contributed by atoms with van der Waals surface area (Å²) < 4.78 is 0. The van der Waals surface area contributed by atoms with Crippen molar-refractivity contribution in [2.45, 2.75) is 13.0 Å². The number of anilines is 1. The molecule has 1 aliphatic heterocycles. The summed E-state index contributed by atoms with van der Waals surface area (Å²) >= 11 is 1.55. The number of hydrogen-bond acceptors (Lipinski definition) is 5. The van der Waals surface area contributed by atoms with E-state index in [0.29, 0.717) is 12.4 Å². The SMILES string of the molecule is O=C(Cn1nnc(-c2cccs2)n1)N1CCc2ccccc21. The Hall–Kier alpha value is -2.54. The molecule has 3 aromatic rings. The molecule has 4 rings (SSSR count). The lowest BCUT2D eigenvalue weighted by atomic mass is 10.2. The molecular formula is C15H13N5OS. The Morgan fingerprint density at radius 2 is 2.14 bits per heavy atom. The first-order valence-electron chi connectivity index (χ1n) is 7.01. The van der Waals surface area contributed by atoms with Crippen molar-refractivity contribution in [3.05, 3.63) is 47.3 Å². The molecule has 0 N–H and O–H groups in total. The minimum absolute atomic E-state index is 0.0138. The summed E-state index contributed by atoms with van der Waals surface area (Å²) in [5.41, 5.74) is 2.20. The van der Waals surface area contributed by atoms with Crippen molar-refractivity contribution in [3.8, 4) is 10.7 Å². The molecule has 0 aliphatic carbocycles. The van der Waals surface area contributed by atoms with Gasteiger partial charge in [0.25, 0.3) is 5.91 Å². The molecule has 22 heavy (non-hydrogen) atoms. The van der Waals surface area contributed by atoms with E-state index in [0.717, 1.165) is 17.0 Å². The number of thiophene rings is 1. The standard InChI is InChI=1S/C15H13N5OS/c21-14(19-8-7-11-4-1-2-5-12(11)19)10-20-17-15(16-18-20)13-6-3-9-22-13/h1-6,9H,7-8,10H2. The number of nitrogens with zero attached hydrogens (tertiary/aromatic N) is 5. The second-order valence-corrected chi connectivity index (χ2v) is 5.99. The van der Waals surface area contributed by atoms with Crippen LogP contribution in [0.15, 0.2) is 41.8 Å². The monoisotopic (exact) mass is 311 g/mol. The Balaban J connectivity index is 1.51. The van der Waals surface area contributed by atoms with Gasteiger partial charge in [0.2, 0.25) is 5.82 Å². The van der Waals surface area contributed by atoms with Crippen LogP contribution in [0.4, 0.5) is 5.69 Å². The van der Waals surface area contributed by atoms with Crippen LogP contribution in [-0.2, 0) is 17.8 Å². The molecule has 2 aromatic heterocycles. The van der Waals surface area contributed by atoms with Crippen molar-refractivity contribution >= 4 is 22.9 Å². The van der Waals surface area contributed by atoms with Gasteiger partial charge in [0.15, 0.2) is 0 Å². The van der Waals surface area contributed by atoms with Gasteiger partial charge in [-0.15, -0.1) is 21.5 Å². The molecule has 1 amide bonds. The first-order chi connectivity index (χ1) is 10.8. The summed E-state index contributed by atoms with van der Waals surface area (Å²) in [6, 6.07) is 11.9. The van der Waals surface area contributed by atoms with E-state index in [9.17, 15) is 4.79 Å². The lowest BCUT2D eigenvalue weighted by Gasteiger charge is -2.16. The van der Waals surface area contributed by atoms with E-state index in [1.165, 1.54) is 10.4 Å². The highest BCUT2D eigenvalue weighted by Crippen LogP contribution is 2.27. The van der Waals surface area contributed by atoms with E-state index in [-0.39, 0.29) is 12.5 Å². The average molecular weight is 311 g/mol.